The number of carbonyl (C=O) groups is 1. The molecule has 0 rings (SSSR count). The highest BCUT2D eigenvalue weighted by Gasteiger charge is 2.38. The Labute approximate surface area is 79.9 Å². The van der Waals surface area contributed by atoms with Gasteiger partial charge in [-0.1, -0.05) is 13.3 Å². The second-order valence-corrected chi connectivity index (χ2v) is 2.84. The minimum Gasteiger partial charge on any atom is -0.463 e. The average Bonchev–Trinajstić information content (AvgIpc) is 2.09. The van der Waals surface area contributed by atoms with Gasteiger partial charge >= 0.3 is 12.1 Å². The molecule has 0 saturated carbocycles. The van der Waals surface area contributed by atoms with Crippen LogP contribution in [0.5, 0.6) is 0 Å². The summed E-state index contributed by atoms with van der Waals surface area (Å²) < 4.78 is 39.4. The molecule has 1 unspecified atom stereocenters. The van der Waals surface area contributed by atoms with E-state index in [0.29, 0.717) is 6.42 Å². The lowest BCUT2D eigenvalue weighted by molar-refractivity contribution is -0.217. The van der Waals surface area contributed by atoms with E-state index in [0.717, 1.165) is 6.42 Å². The monoisotopic (exact) mass is 214 g/mol. The van der Waals surface area contributed by atoms with Gasteiger partial charge in [-0.3, -0.25) is 4.79 Å². The highest BCUT2D eigenvalue weighted by molar-refractivity contribution is 5.69. The molecular weight excluding hydrogens is 201 g/mol. The molecule has 0 aromatic rings. The molecule has 14 heavy (non-hydrogen) atoms. The minimum atomic E-state index is -4.73. The Kier molecular flexibility index (Phi) is 5.52. The van der Waals surface area contributed by atoms with Crippen LogP contribution in [0.3, 0.4) is 0 Å². The number of unbranched alkanes of at least 4 members (excludes halogenated alkanes) is 1. The quantitative estimate of drug-likeness (QED) is 0.708. The van der Waals surface area contributed by atoms with Crippen molar-refractivity contribution in [2.75, 3.05) is 6.61 Å². The van der Waals surface area contributed by atoms with Crippen molar-refractivity contribution in [2.45, 2.75) is 38.5 Å². The van der Waals surface area contributed by atoms with Gasteiger partial charge < -0.3 is 9.84 Å². The molecule has 0 aliphatic heterocycles. The Morgan fingerprint density at radius 1 is 1.50 bits per heavy atom. The molecule has 6 heteroatoms. The van der Waals surface area contributed by atoms with Crippen LogP contribution in [0, 0.1) is 0 Å². The van der Waals surface area contributed by atoms with Crippen molar-refractivity contribution < 1.29 is 27.8 Å². The van der Waals surface area contributed by atoms with E-state index in [2.05, 4.69) is 4.74 Å². The zero-order valence-electron chi connectivity index (χ0n) is 7.80. The minimum absolute atomic E-state index is 0.0844. The number of hydrogen-bond donors (Lipinski definition) is 1. The van der Waals surface area contributed by atoms with Crippen LogP contribution in [-0.4, -0.2) is 30.0 Å². The van der Waals surface area contributed by atoms with Crippen LogP contribution in [0.4, 0.5) is 13.2 Å². The molecule has 0 spiro atoms. The SMILES string of the molecule is CCCCC(=O)OCC(O)C(F)(F)F. The number of alkyl halides is 3. The van der Waals surface area contributed by atoms with Crippen LogP contribution >= 0.6 is 0 Å². The van der Waals surface area contributed by atoms with E-state index in [9.17, 15) is 18.0 Å². The van der Waals surface area contributed by atoms with Crippen molar-refractivity contribution in [3.63, 3.8) is 0 Å². The molecule has 1 atom stereocenters. The van der Waals surface area contributed by atoms with Crippen molar-refractivity contribution in [1.82, 2.24) is 0 Å². The standard InChI is InChI=1S/C8H13F3O3/c1-2-3-4-7(13)14-5-6(12)8(9,10)11/h6,12H,2-5H2,1H3. The third-order valence-corrected chi connectivity index (χ3v) is 1.51. The second-order valence-electron chi connectivity index (χ2n) is 2.84. The number of ether oxygens (including phenoxy) is 1. The van der Waals surface area contributed by atoms with Crippen LogP contribution in [0.25, 0.3) is 0 Å². The zero-order valence-corrected chi connectivity index (χ0v) is 7.80. The van der Waals surface area contributed by atoms with E-state index in [1.165, 1.54) is 0 Å². The average molecular weight is 214 g/mol. The molecule has 0 aromatic heterocycles. The fourth-order valence-electron chi connectivity index (χ4n) is 0.660. The van der Waals surface area contributed by atoms with Crippen LogP contribution in [0.2, 0.25) is 0 Å². The predicted molar refractivity (Wildman–Crippen MR) is 42.5 cm³/mol. The third-order valence-electron chi connectivity index (χ3n) is 1.51. The van der Waals surface area contributed by atoms with Gasteiger partial charge in [0.1, 0.15) is 6.61 Å². The first kappa shape index (κ1) is 13.2. The Morgan fingerprint density at radius 2 is 2.07 bits per heavy atom. The second kappa shape index (κ2) is 5.85. The number of rotatable bonds is 5. The van der Waals surface area contributed by atoms with Crippen LogP contribution in [-0.2, 0) is 9.53 Å². The van der Waals surface area contributed by atoms with E-state index in [1.54, 1.807) is 0 Å². The molecule has 0 aromatic carbocycles. The van der Waals surface area contributed by atoms with Crippen LogP contribution in [0.15, 0.2) is 0 Å². The first-order valence-corrected chi connectivity index (χ1v) is 4.28. The molecular formula is C8H13F3O3. The number of hydrogen-bond acceptors (Lipinski definition) is 3. The Balaban J connectivity index is 3.67. The number of esters is 1. The molecule has 0 amide bonds. The first-order chi connectivity index (χ1) is 6.38. The molecule has 1 N–H and O–H groups in total. The van der Waals surface area contributed by atoms with Crippen molar-refractivity contribution in [2.24, 2.45) is 0 Å². The topological polar surface area (TPSA) is 46.5 Å². The molecule has 0 heterocycles. The van der Waals surface area contributed by atoms with Gasteiger partial charge in [0.25, 0.3) is 0 Å². The van der Waals surface area contributed by atoms with Crippen LogP contribution < -0.4 is 0 Å². The summed E-state index contributed by atoms with van der Waals surface area (Å²) in [6.45, 7) is 0.823. The Hall–Kier alpha value is -0.780. The van der Waals surface area contributed by atoms with Gasteiger partial charge in [-0.05, 0) is 6.42 Å². The maximum atomic E-state index is 11.7. The number of aliphatic hydroxyl groups excluding tert-OH is 1. The van der Waals surface area contributed by atoms with Gasteiger partial charge in [0.15, 0.2) is 6.10 Å². The molecule has 0 bridgehead atoms. The van der Waals surface area contributed by atoms with E-state index in [-0.39, 0.29) is 6.42 Å². The first-order valence-electron chi connectivity index (χ1n) is 4.28. The molecule has 0 fully saturated rings. The summed E-state index contributed by atoms with van der Waals surface area (Å²) in [4.78, 5) is 10.7. The summed E-state index contributed by atoms with van der Waals surface area (Å²) in [6.07, 6.45) is -5.91. The predicted octanol–water partition coefficient (Wildman–Crippen LogP) is 1.64. The summed E-state index contributed by atoms with van der Waals surface area (Å²) in [5.41, 5.74) is 0. The highest BCUT2D eigenvalue weighted by Crippen LogP contribution is 2.20. The lowest BCUT2D eigenvalue weighted by Gasteiger charge is -2.14. The maximum Gasteiger partial charge on any atom is 0.417 e. The summed E-state index contributed by atoms with van der Waals surface area (Å²) >= 11 is 0. The van der Waals surface area contributed by atoms with Gasteiger partial charge in [-0.25, -0.2) is 0 Å². The summed E-state index contributed by atoms with van der Waals surface area (Å²) in [5.74, 6) is -0.713. The number of aliphatic hydroxyl groups is 1. The normalized spacial score (nSPS) is 13.8. The molecule has 0 saturated heterocycles. The lowest BCUT2D eigenvalue weighted by atomic mass is 10.2. The third kappa shape index (κ3) is 5.80. The van der Waals surface area contributed by atoms with E-state index >= 15 is 0 Å². The van der Waals surface area contributed by atoms with Gasteiger partial charge in [0, 0.05) is 6.42 Å². The van der Waals surface area contributed by atoms with Gasteiger partial charge in [-0.2, -0.15) is 13.2 Å². The molecule has 3 nitrogen and oxygen atoms in total. The fourth-order valence-corrected chi connectivity index (χ4v) is 0.660. The Bertz CT molecular complexity index is 179. The van der Waals surface area contributed by atoms with E-state index < -0.39 is 24.9 Å². The van der Waals surface area contributed by atoms with Crippen molar-refractivity contribution in [3.8, 4) is 0 Å². The fraction of sp³-hybridized carbons (Fsp3) is 0.875. The molecule has 84 valence electrons. The van der Waals surface area contributed by atoms with Crippen LogP contribution in [0.1, 0.15) is 26.2 Å². The zero-order chi connectivity index (χ0) is 11.2. The van der Waals surface area contributed by atoms with Crippen molar-refractivity contribution in [1.29, 1.82) is 0 Å². The van der Waals surface area contributed by atoms with Gasteiger partial charge in [0.05, 0.1) is 0 Å². The lowest BCUT2D eigenvalue weighted by Crippen LogP contribution is -2.33. The van der Waals surface area contributed by atoms with Gasteiger partial charge in [-0.15, -0.1) is 0 Å². The van der Waals surface area contributed by atoms with Crippen molar-refractivity contribution in [3.05, 3.63) is 0 Å². The summed E-state index contributed by atoms with van der Waals surface area (Å²) in [7, 11) is 0. The molecule has 0 aliphatic carbocycles. The number of carbonyl (C=O) groups excluding carboxylic acids is 1. The Morgan fingerprint density at radius 3 is 2.50 bits per heavy atom. The van der Waals surface area contributed by atoms with Gasteiger partial charge in [0.2, 0.25) is 0 Å². The number of halogens is 3. The maximum absolute atomic E-state index is 11.7. The smallest absolute Gasteiger partial charge is 0.417 e. The summed E-state index contributed by atoms with van der Waals surface area (Å²) in [5, 5.41) is 8.46. The van der Waals surface area contributed by atoms with E-state index in [1.807, 2.05) is 6.92 Å². The highest BCUT2D eigenvalue weighted by atomic mass is 19.4. The summed E-state index contributed by atoms with van der Waals surface area (Å²) in [6, 6.07) is 0. The molecule has 0 aliphatic rings. The molecule has 0 radical (unpaired) electrons. The largest absolute Gasteiger partial charge is 0.463 e. The van der Waals surface area contributed by atoms with Crippen molar-refractivity contribution >= 4 is 5.97 Å². The van der Waals surface area contributed by atoms with E-state index in [4.69, 9.17) is 5.11 Å².